The van der Waals surface area contributed by atoms with Gasteiger partial charge in [-0.15, -0.1) is 0 Å². The summed E-state index contributed by atoms with van der Waals surface area (Å²) in [5.41, 5.74) is -0.0363. The van der Waals surface area contributed by atoms with Gasteiger partial charge in [-0.05, 0) is 38.3 Å². The van der Waals surface area contributed by atoms with E-state index in [1.807, 2.05) is 0 Å². The molecule has 1 aromatic carbocycles. The number of likely N-dealkylation sites (tertiary alicyclic amines) is 1. The molecule has 0 aliphatic carbocycles. The fourth-order valence-corrected chi connectivity index (χ4v) is 2.37. The largest absolute Gasteiger partial charge is 0.341 e. The van der Waals surface area contributed by atoms with Crippen LogP contribution < -0.4 is 5.32 Å². The number of carbonyl (C=O) groups excluding carboxylic acids is 2. The number of hydrogen-bond donors (Lipinski definition) is 1. The van der Waals surface area contributed by atoms with Crippen molar-refractivity contribution in [3.05, 3.63) is 35.6 Å². The second-order valence-electron chi connectivity index (χ2n) is 5.06. The Morgan fingerprint density at radius 3 is 2.50 bits per heavy atom. The van der Waals surface area contributed by atoms with Gasteiger partial charge in [-0.2, -0.15) is 0 Å². The third-order valence-electron chi connectivity index (χ3n) is 3.50. The average Bonchev–Trinajstić information content (AvgIpc) is 2.47. The zero-order valence-electron chi connectivity index (χ0n) is 11.6. The van der Waals surface area contributed by atoms with Crippen molar-refractivity contribution in [3.8, 4) is 0 Å². The minimum Gasteiger partial charge on any atom is -0.341 e. The lowest BCUT2D eigenvalue weighted by Crippen LogP contribution is -2.48. The van der Waals surface area contributed by atoms with Crippen molar-refractivity contribution >= 4 is 11.8 Å². The van der Waals surface area contributed by atoms with Crippen LogP contribution in [-0.2, 0) is 4.79 Å². The topological polar surface area (TPSA) is 49.4 Å². The Hall–Kier alpha value is -1.91. The number of rotatable bonds is 3. The lowest BCUT2D eigenvalue weighted by molar-refractivity contribution is -0.133. The van der Waals surface area contributed by atoms with E-state index in [9.17, 15) is 14.0 Å². The summed E-state index contributed by atoms with van der Waals surface area (Å²) < 4.78 is 13.5. The van der Waals surface area contributed by atoms with Crippen LogP contribution in [0, 0.1) is 5.82 Å². The maximum atomic E-state index is 13.5. The highest BCUT2D eigenvalue weighted by Crippen LogP contribution is 2.11. The van der Waals surface area contributed by atoms with E-state index in [-0.39, 0.29) is 11.5 Å². The van der Waals surface area contributed by atoms with Crippen molar-refractivity contribution in [1.29, 1.82) is 0 Å². The molecular weight excluding hydrogens is 259 g/mol. The van der Waals surface area contributed by atoms with Gasteiger partial charge in [0, 0.05) is 13.1 Å². The van der Waals surface area contributed by atoms with E-state index in [1.165, 1.54) is 18.2 Å². The predicted molar refractivity (Wildman–Crippen MR) is 73.8 cm³/mol. The summed E-state index contributed by atoms with van der Waals surface area (Å²) in [7, 11) is 0. The third-order valence-corrected chi connectivity index (χ3v) is 3.50. The first kappa shape index (κ1) is 14.5. The van der Waals surface area contributed by atoms with Crippen molar-refractivity contribution in [1.82, 2.24) is 10.2 Å². The predicted octanol–water partition coefficient (Wildman–Crippen LogP) is 1.96. The van der Waals surface area contributed by atoms with Gasteiger partial charge in [-0.1, -0.05) is 12.1 Å². The SMILES string of the molecule is C[C@H](NC(=O)c1ccccc1F)C(=O)N1CCCCC1. The monoisotopic (exact) mass is 278 g/mol. The molecule has 0 unspecified atom stereocenters. The number of nitrogens with zero attached hydrogens (tertiary/aromatic N) is 1. The summed E-state index contributed by atoms with van der Waals surface area (Å²) in [5.74, 6) is -1.24. The minimum atomic E-state index is -0.639. The normalized spacial score (nSPS) is 16.6. The number of carbonyl (C=O) groups is 2. The molecule has 5 heteroatoms. The van der Waals surface area contributed by atoms with Crippen LogP contribution in [0.25, 0.3) is 0 Å². The molecule has 1 N–H and O–H groups in total. The van der Waals surface area contributed by atoms with E-state index in [0.29, 0.717) is 0 Å². The van der Waals surface area contributed by atoms with E-state index >= 15 is 0 Å². The lowest BCUT2D eigenvalue weighted by atomic mass is 10.1. The van der Waals surface area contributed by atoms with E-state index in [4.69, 9.17) is 0 Å². The van der Waals surface area contributed by atoms with Crippen molar-refractivity contribution < 1.29 is 14.0 Å². The minimum absolute atomic E-state index is 0.0363. The highest BCUT2D eigenvalue weighted by atomic mass is 19.1. The van der Waals surface area contributed by atoms with Crippen LogP contribution in [0.1, 0.15) is 36.5 Å². The Balaban J connectivity index is 1.97. The quantitative estimate of drug-likeness (QED) is 0.919. The summed E-state index contributed by atoms with van der Waals surface area (Å²) in [5, 5.41) is 2.56. The molecule has 1 heterocycles. The average molecular weight is 278 g/mol. The maximum absolute atomic E-state index is 13.5. The summed E-state index contributed by atoms with van der Waals surface area (Å²) in [4.78, 5) is 25.9. The van der Waals surface area contributed by atoms with Gasteiger partial charge in [0.25, 0.3) is 5.91 Å². The number of benzene rings is 1. The Morgan fingerprint density at radius 2 is 1.85 bits per heavy atom. The van der Waals surface area contributed by atoms with Gasteiger partial charge in [0.2, 0.25) is 5.91 Å². The maximum Gasteiger partial charge on any atom is 0.254 e. The van der Waals surface area contributed by atoms with Crippen LogP contribution >= 0.6 is 0 Å². The first-order valence-corrected chi connectivity index (χ1v) is 6.94. The molecule has 2 rings (SSSR count). The molecule has 1 aliphatic heterocycles. The lowest BCUT2D eigenvalue weighted by Gasteiger charge is -2.29. The fourth-order valence-electron chi connectivity index (χ4n) is 2.37. The highest BCUT2D eigenvalue weighted by Gasteiger charge is 2.24. The molecule has 1 fully saturated rings. The molecule has 108 valence electrons. The Kier molecular flexibility index (Phi) is 4.71. The molecule has 0 spiro atoms. The second kappa shape index (κ2) is 6.50. The van der Waals surface area contributed by atoms with Gasteiger partial charge in [0.05, 0.1) is 5.56 Å². The molecule has 20 heavy (non-hydrogen) atoms. The van der Waals surface area contributed by atoms with Crippen molar-refractivity contribution in [2.75, 3.05) is 13.1 Å². The molecule has 1 atom stereocenters. The summed E-state index contributed by atoms with van der Waals surface area (Å²) >= 11 is 0. The van der Waals surface area contributed by atoms with Crippen LogP contribution in [0.2, 0.25) is 0 Å². The zero-order valence-corrected chi connectivity index (χ0v) is 11.6. The number of halogens is 1. The molecule has 0 radical (unpaired) electrons. The fraction of sp³-hybridized carbons (Fsp3) is 0.467. The van der Waals surface area contributed by atoms with E-state index in [2.05, 4.69) is 5.32 Å². The Labute approximate surface area is 118 Å². The Morgan fingerprint density at radius 1 is 1.20 bits per heavy atom. The van der Waals surface area contributed by atoms with E-state index in [1.54, 1.807) is 17.9 Å². The highest BCUT2D eigenvalue weighted by molar-refractivity contribution is 5.97. The van der Waals surface area contributed by atoms with Gasteiger partial charge >= 0.3 is 0 Å². The molecule has 0 bridgehead atoms. The summed E-state index contributed by atoms with van der Waals surface area (Å²) in [6.07, 6.45) is 3.14. The number of piperidine rings is 1. The molecule has 1 aromatic rings. The molecule has 0 aromatic heterocycles. The van der Waals surface area contributed by atoms with Gasteiger partial charge < -0.3 is 10.2 Å². The summed E-state index contributed by atoms with van der Waals surface area (Å²) in [6.45, 7) is 3.10. The van der Waals surface area contributed by atoms with E-state index in [0.717, 1.165) is 32.4 Å². The molecular formula is C15H19FN2O2. The molecule has 1 aliphatic rings. The third kappa shape index (κ3) is 3.35. The summed E-state index contributed by atoms with van der Waals surface area (Å²) in [6, 6.07) is 5.11. The molecule has 4 nitrogen and oxygen atoms in total. The van der Waals surface area contributed by atoms with Gasteiger partial charge in [0.15, 0.2) is 0 Å². The smallest absolute Gasteiger partial charge is 0.254 e. The van der Waals surface area contributed by atoms with Crippen LogP contribution in [0.15, 0.2) is 24.3 Å². The standard InChI is InChI=1S/C15H19FN2O2/c1-11(15(20)18-9-5-2-6-10-18)17-14(19)12-7-3-4-8-13(12)16/h3-4,7-8,11H,2,5-6,9-10H2,1H3,(H,17,19)/t11-/m0/s1. The molecule has 0 saturated carbocycles. The van der Waals surface area contributed by atoms with Crippen LogP contribution in [0.5, 0.6) is 0 Å². The van der Waals surface area contributed by atoms with Gasteiger partial charge in [0.1, 0.15) is 11.9 Å². The molecule has 1 saturated heterocycles. The van der Waals surface area contributed by atoms with Gasteiger partial charge in [-0.3, -0.25) is 9.59 Å². The van der Waals surface area contributed by atoms with Crippen LogP contribution in [0.3, 0.4) is 0 Å². The molecule has 2 amide bonds. The second-order valence-corrected chi connectivity index (χ2v) is 5.06. The first-order valence-electron chi connectivity index (χ1n) is 6.94. The number of nitrogens with one attached hydrogen (secondary N) is 1. The zero-order chi connectivity index (χ0) is 14.5. The van der Waals surface area contributed by atoms with E-state index < -0.39 is 17.8 Å². The Bertz CT molecular complexity index is 498. The number of amides is 2. The first-order chi connectivity index (χ1) is 9.59. The van der Waals surface area contributed by atoms with Crippen molar-refractivity contribution in [2.24, 2.45) is 0 Å². The number of hydrogen-bond acceptors (Lipinski definition) is 2. The van der Waals surface area contributed by atoms with Crippen LogP contribution in [-0.4, -0.2) is 35.8 Å². The van der Waals surface area contributed by atoms with Crippen molar-refractivity contribution in [2.45, 2.75) is 32.2 Å². The van der Waals surface area contributed by atoms with Crippen molar-refractivity contribution in [3.63, 3.8) is 0 Å². The van der Waals surface area contributed by atoms with Crippen LogP contribution in [0.4, 0.5) is 4.39 Å². The van der Waals surface area contributed by atoms with Gasteiger partial charge in [-0.25, -0.2) is 4.39 Å².